The summed E-state index contributed by atoms with van der Waals surface area (Å²) in [5.74, 6) is 1.12. The number of methoxy groups -OCH3 is 2. The highest BCUT2D eigenvalue weighted by Gasteiger charge is 2.31. The molecule has 3 aromatic rings. The first-order valence-corrected chi connectivity index (χ1v) is 11.0. The molecule has 0 N–H and O–H groups in total. The van der Waals surface area contributed by atoms with Crippen LogP contribution in [0.25, 0.3) is 11.0 Å². The Morgan fingerprint density at radius 3 is 2.41 bits per heavy atom. The van der Waals surface area contributed by atoms with Gasteiger partial charge in [-0.2, -0.15) is 13.2 Å². The molecule has 1 aliphatic rings. The van der Waals surface area contributed by atoms with Gasteiger partial charge in [-0.05, 0) is 37.1 Å². The van der Waals surface area contributed by atoms with Crippen molar-refractivity contribution in [1.82, 2.24) is 4.90 Å². The Labute approximate surface area is 195 Å². The number of piperazine rings is 1. The molecule has 1 aromatic heterocycles. The molecule has 2 aromatic carbocycles. The fraction of sp³-hybridized carbons (Fsp3) is 0.400. The molecule has 1 saturated heterocycles. The Morgan fingerprint density at radius 1 is 1.03 bits per heavy atom. The summed E-state index contributed by atoms with van der Waals surface area (Å²) in [6.45, 7) is 5.13. The predicted molar refractivity (Wildman–Crippen MR) is 124 cm³/mol. The van der Waals surface area contributed by atoms with Crippen molar-refractivity contribution < 1.29 is 27.1 Å². The summed E-state index contributed by atoms with van der Waals surface area (Å²) in [6.07, 6.45) is -3.85. The van der Waals surface area contributed by atoms with Gasteiger partial charge in [0.25, 0.3) is 0 Å². The molecule has 1 fully saturated rings. The number of fused-ring (bicyclic) bond motifs is 1. The van der Waals surface area contributed by atoms with Gasteiger partial charge in [-0.15, -0.1) is 0 Å². The van der Waals surface area contributed by atoms with Crippen molar-refractivity contribution in [2.45, 2.75) is 19.5 Å². The van der Waals surface area contributed by atoms with Crippen molar-refractivity contribution in [3.8, 4) is 11.5 Å². The topological polar surface area (TPSA) is 55.2 Å². The van der Waals surface area contributed by atoms with Crippen molar-refractivity contribution in [2.24, 2.45) is 0 Å². The number of hydrogen-bond donors (Lipinski definition) is 0. The molecule has 1 aliphatic heterocycles. The molecule has 6 nitrogen and oxygen atoms in total. The summed E-state index contributed by atoms with van der Waals surface area (Å²) in [7, 11) is 3.09. The second kappa shape index (κ2) is 9.58. The van der Waals surface area contributed by atoms with Gasteiger partial charge in [-0.25, -0.2) is 4.79 Å². The van der Waals surface area contributed by atoms with E-state index >= 15 is 0 Å². The van der Waals surface area contributed by atoms with Crippen molar-refractivity contribution in [2.75, 3.05) is 51.8 Å². The second-order valence-corrected chi connectivity index (χ2v) is 8.32. The van der Waals surface area contributed by atoms with Crippen LogP contribution in [0.3, 0.4) is 0 Å². The molecule has 4 rings (SSSR count). The van der Waals surface area contributed by atoms with Gasteiger partial charge >= 0.3 is 11.8 Å². The van der Waals surface area contributed by atoms with Crippen LogP contribution >= 0.6 is 0 Å². The van der Waals surface area contributed by atoms with E-state index in [1.807, 2.05) is 11.8 Å². The first-order chi connectivity index (χ1) is 16.2. The third-order valence-electron chi connectivity index (χ3n) is 6.36. The van der Waals surface area contributed by atoms with Gasteiger partial charge in [-0.1, -0.05) is 6.07 Å². The normalized spacial score (nSPS) is 15.1. The number of nitrogens with zero attached hydrogens (tertiary/aromatic N) is 2. The van der Waals surface area contributed by atoms with Crippen LogP contribution in [0.15, 0.2) is 45.6 Å². The van der Waals surface area contributed by atoms with Crippen LogP contribution in [-0.2, 0) is 12.6 Å². The molecule has 0 spiro atoms. The summed E-state index contributed by atoms with van der Waals surface area (Å²) in [5.41, 5.74) is 1.37. The van der Waals surface area contributed by atoms with E-state index in [1.165, 1.54) is 19.2 Å². The SMILES string of the molecule is COc1cc(OC)c2c(C)c(CCN3CCN(c4cccc(C(F)(F)F)c4)CC3)c(=O)oc2c1. The fourth-order valence-electron chi connectivity index (χ4n) is 4.43. The maximum Gasteiger partial charge on any atom is 0.416 e. The van der Waals surface area contributed by atoms with Gasteiger partial charge in [0.15, 0.2) is 0 Å². The van der Waals surface area contributed by atoms with E-state index < -0.39 is 11.7 Å². The second-order valence-electron chi connectivity index (χ2n) is 8.32. The number of anilines is 1. The van der Waals surface area contributed by atoms with Crippen LogP contribution < -0.4 is 20.0 Å². The highest BCUT2D eigenvalue weighted by Crippen LogP contribution is 2.34. The standard InChI is InChI=1S/C25H27F3N2O4/c1-16-20(24(31)34-22-15-19(32-2)14-21(33-3)23(16)22)7-8-29-9-11-30(12-10-29)18-6-4-5-17(13-18)25(26,27)28/h4-6,13-15H,7-12H2,1-3H3. The number of benzene rings is 2. The first kappa shape index (κ1) is 23.9. The van der Waals surface area contributed by atoms with Gasteiger partial charge in [0, 0.05) is 56.1 Å². The Morgan fingerprint density at radius 2 is 1.76 bits per heavy atom. The Kier molecular flexibility index (Phi) is 6.74. The highest BCUT2D eigenvalue weighted by molar-refractivity contribution is 5.89. The van der Waals surface area contributed by atoms with Gasteiger partial charge in [0.2, 0.25) is 0 Å². The number of halogens is 3. The zero-order valence-electron chi connectivity index (χ0n) is 19.4. The van der Waals surface area contributed by atoms with Gasteiger partial charge in [0.05, 0.1) is 25.2 Å². The van der Waals surface area contributed by atoms with Crippen molar-refractivity contribution >= 4 is 16.7 Å². The number of ether oxygens (including phenoxy) is 2. The lowest BCUT2D eigenvalue weighted by Gasteiger charge is -2.36. The number of aryl methyl sites for hydroxylation is 1. The molecule has 0 atom stereocenters. The number of rotatable bonds is 6. The third kappa shape index (κ3) is 4.84. The van der Waals surface area contributed by atoms with Crippen LogP contribution in [0.4, 0.5) is 18.9 Å². The Hall–Kier alpha value is -3.20. The molecule has 9 heteroatoms. The minimum atomic E-state index is -4.36. The quantitative estimate of drug-likeness (QED) is 0.489. The Balaban J connectivity index is 1.45. The van der Waals surface area contributed by atoms with Gasteiger partial charge in [-0.3, -0.25) is 4.90 Å². The summed E-state index contributed by atoms with van der Waals surface area (Å²) in [5, 5.41) is 0.743. The van der Waals surface area contributed by atoms with Crippen LogP contribution in [0.2, 0.25) is 0 Å². The molecular weight excluding hydrogens is 449 g/mol. The van der Waals surface area contributed by atoms with Crippen LogP contribution in [0, 0.1) is 6.92 Å². The van der Waals surface area contributed by atoms with E-state index in [0.717, 1.165) is 17.0 Å². The molecular formula is C25H27F3N2O4. The van der Waals surface area contributed by atoms with E-state index in [0.29, 0.717) is 67.5 Å². The molecule has 0 amide bonds. The third-order valence-corrected chi connectivity index (χ3v) is 6.36. The molecule has 182 valence electrons. The lowest BCUT2D eigenvalue weighted by atomic mass is 10.0. The van der Waals surface area contributed by atoms with E-state index in [4.69, 9.17) is 13.9 Å². The zero-order valence-corrected chi connectivity index (χ0v) is 19.4. The largest absolute Gasteiger partial charge is 0.496 e. The summed E-state index contributed by atoms with van der Waals surface area (Å²) in [4.78, 5) is 16.9. The molecule has 0 aliphatic carbocycles. The molecule has 0 saturated carbocycles. The van der Waals surface area contributed by atoms with Gasteiger partial charge in [0.1, 0.15) is 17.1 Å². The zero-order chi connectivity index (χ0) is 24.5. The van der Waals surface area contributed by atoms with E-state index in [2.05, 4.69) is 4.90 Å². The molecule has 0 bridgehead atoms. The van der Waals surface area contributed by atoms with Crippen molar-refractivity contribution in [3.63, 3.8) is 0 Å². The molecule has 2 heterocycles. The van der Waals surface area contributed by atoms with Crippen molar-refractivity contribution in [3.05, 3.63) is 63.5 Å². The minimum Gasteiger partial charge on any atom is -0.496 e. The first-order valence-electron chi connectivity index (χ1n) is 11.0. The molecule has 0 unspecified atom stereocenters. The summed E-state index contributed by atoms with van der Waals surface area (Å²) >= 11 is 0. The average Bonchev–Trinajstić information content (AvgIpc) is 2.83. The lowest BCUT2D eigenvalue weighted by Crippen LogP contribution is -2.47. The van der Waals surface area contributed by atoms with Crippen molar-refractivity contribution in [1.29, 1.82) is 0 Å². The minimum absolute atomic E-state index is 0.386. The summed E-state index contributed by atoms with van der Waals surface area (Å²) in [6, 6.07) is 8.85. The highest BCUT2D eigenvalue weighted by atomic mass is 19.4. The monoisotopic (exact) mass is 476 g/mol. The number of hydrogen-bond acceptors (Lipinski definition) is 6. The van der Waals surface area contributed by atoms with Crippen LogP contribution in [0.1, 0.15) is 16.7 Å². The van der Waals surface area contributed by atoms with E-state index in [9.17, 15) is 18.0 Å². The smallest absolute Gasteiger partial charge is 0.416 e. The molecule has 34 heavy (non-hydrogen) atoms. The predicted octanol–water partition coefficient (Wildman–Crippen LogP) is 4.50. The number of alkyl halides is 3. The fourth-order valence-corrected chi connectivity index (χ4v) is 4.43. The van der Waals surface area contributed by atoms with Crippen LogP contribution in [0.5, 0.6) is 11.5 Å². The van der Waals surface area contributed by atoms with Crippen LogP contribution in [-0.4, -0.2) is 51.8 Å². The molecule has 0 radical (unpaired) electrons. The van der Waals surface area contributed by atoms with E-state index in [1.54, 1.807) is 25.3 Å². The average molecular weight is 476 g/mol. The Bertz CT molecular complexity index is 1230. The van der Waals surface area contributed by atoms with E-state index in [-0.39, 0.29) is 5.63 Å². The summed E-state index contributed by atoms with van der Waals surface area (Å²) < 4.78 is 55.4. The van der Waals surface area contributed by atoms with Gasteiger partial charge < -0.3 is 18.8 Å². The maximum absolute atomic E-state index is 13.0. The maximum atomic E-state index is 13.0. The lowest BCUT2D eigenvalue weighted by molar-refractivity contribution is -0.137.